The molecule has 5 heteroatoms. The Hall–Kier alpha value is -3.21. The molecule has 0 aliphatic heterocycles. The van der Waals surface area contributed by atoms with Crippen LogP contribution in [0.1, 0.15) is 27.0 Å². The third-order valence-electron chi connectivity index (χ3n) is 4.53. The summed E-state index contributed by atoms with van der Waals surface area (Å²) in [7, 11) is 0. The average molecular weight is 348 g/mol. The van der Waals surface area contributed by atoms with Crippen LogP contribution >= 0.6 is 0 Å². The molecule has 2 N–H and O–H groups in total. The molecule has 0 saturated carbocycles. The monoisotopic (exact) mass is 348 g/mol. The van der Waals surface area contributed by atoms with E-state index in [1.807, 2.05) is 44.2 Å². The number of aliphatic carboxylic acids is 1. The molecule has 26 heavy (non-hydrogen) atoms. The van der Waals surface area contributed by atoms with E-state index in [9.17, 15) is 14.7 Å². The van der Waals surface area contributed by atoms with E-state index in [1.54, 1.807) is 24.4 Å². The zero-order valence-electron chi connectivity index (χ0n) is 14.7. The van der Waals surface area contributed by atoms with E-state index in [1.165, 1.54) is 0 Å². The second-order valence-corrected chi connectivity index (χ2v) is 6.32. The van der Waals surface area contributed by atoms with E-state index in [-0.39, 0.29) is 6.42 Å². The van der Waals surface area contributed by atoms with Gasteiger partial charge in [-0.3, -0.25) is 9.78 Å². The maximum atomic E-state index is 12.7. The second-order valence-electron chi connectivity index (χ2n) is 6.32. The maximum absolute atomic E-state index is 12.7. The van der Waals surface area contributed by atoms with Crippen molar-refractivity contribution in [1.82, 2.24) is 10.3 Å². The second kappa shape index (κ2) is 7.35. The Kier molecular flexibility index (Phi) is 4.98. The highest BCUT2D eigenvalue weighted by Crippen LogP contribution is 2.18. The third kappa shape index (κ3) is 3.57. The summed E-state index contributed by atoms with van der Waals surface area (Å²) in [5, 5.41) is 13.1. The number of carboxylic acids is 1. The Bertz CT molecular complexity index is 956. The van der Waals surface area contributed by atoms with Crippen LogP contribution in [0, 0.1) is 13.8 Å². The van der Waals surface area contributed by atoms with Gasteiger partial charge in [-0.1, -0.05) is 36.4 Å². The highest BCUT2D eigenvalue weighted by atomic mass is 16.4. The number of benzene rings is 2. The normalized spacial score (nSPS) is 11.9. The molecule has 1 heterocycles. The number of rotatable bonds is 5. The minimum Gasteiger partial charge on any atom is -0.480 e. The number of aromatic nitrogens is 1. The van der Waals surface area contributed by atoms with Gasteiger partial charge in [0.05, 0.1) is 11.1 Å². The number of nitrogens with one attached hydrogen (secondary N) is 1. The van der Waals surface area contributed by atoms with Crippen molar-refractivity contribution >= 4 is 22.8 Å². The number of fused-ring (bicyclic) bond motifs is 1. The minimum absolute atomic E-state index is 0.234. The van der Waals surface area contributed by atoms with E-state index < -0.39 is 17.9 Å². The van der Waals surface area contributed by atoms with Gasteiger partial charge >= 0.3 is 5.97 Å². The standard InChI is InChI=1S/C21H20N2O3/c1-13-6-3-7-14(2)17(13)12-18(21(25)26)23-20(24)16-10-4-8-15-9-5-11-22-19(15)16/h3-11,18H,12H2,1-2H3,(H,23,24)(H,25,26)/t18-/m1/s1. The predicted molar refractivity (Wildman–Crippen MR) is 100 cm³/mol. The number of carboxylic acid groups (broad SMARTS) is 1. The number of hydrogen-bond acceptors (Lipinski definition) is 3. The Labute approximate surface area is 151 Å². The number of nitrogens with zero attached hydrogens (tertiary/aromatic N) is 1. The van der Waals surface area contributed by atoms with Crippen LogP contribution in [0.25, 0.3) is 10.9 Å². The predicted octanol–water partition coefficient (Wildman–Crippen LogP) is 3.28. The third-order valence-corrected chi connectivity index (χ3v) is 4.53. The summed E-state index contributed by atoms with van der Waals surface area (Å²) in [6.07, 6.45) is 1.85. The van der Waals surface area contributed by atoms with Crippen LogP contribution in [0.4, 0.5) is 0 Å². The number of hydrogen-bond donors (Lipinski definition) is 2. The first-order valence-electron chi connectivity index (χ1n) is 8.40. The first kappa shape index (κ1) is 17.6. The number of carbonyl (C=O) groups is 2. The number of amides is 1. The van der Waals surface area contributed by atoms with Gasteiger partial charge in [0, 0.05) is 18.0 Å². The van der Waals surface area contributed by atoms with E-state index in [2.05, 4.69) is 10.3 Å². The Morgan fingerprint density at radius 1 is 1.04 bits per heavy atom. The molecule has 0 bridgehead atoms. The molecule has 1 aromatic heterocycles. The molecule has 0 aliphatic rings. The SMILES string of the molecule is Cc1cccc(C)c1C[C@@H](NC(=O)c1cccc2cccnc12)C(=O)O. The molecule has 0 fully saturated rings. The summed E-state index contributed by atoms with van der Waals surface area (Å²) in [6.45, 7) is 3.88. The van der Waals surface area contributed by atoms with Gasteiger partial charge in [0.25, 0.3) is 5.91 Å². The summed E-state index contributed by atoms with van der Waals surface area (Å²) < 4.78 is 0. The Balaban J connectivity index is 1.88. The Morgan fingerprint density at radius 2 is 1.69 bits per heavy atom. The van der Waals surface area contributed by atoms with Crippen molar-refractivity contribution in [3.05, 3.63) is 77.0 Å². The van der Waals surface area contributed by atoms with E-state index >= 15 is 0 Å². The smallest absolute Gasteiger partial charge is 0.326 e. The highest BCUT2D eigenvalue weighted by molar-refractivity contribution is 6.06. The van der Waals surface area contributed by atoms with Gasteiger partial charge in [-0.2, -0.15) is 0 Å². The van der Waals surface area contributed by atoms with Gasteiger partial charge < -0.3 is 10.4 Å². The van der Waals surface area contributed by atoms with Gasteiger partial charge in [-0.15, -0.1) is 0 Å². The quantitative estimate of drug-likeness (QED) is 0.742. The molecular formula is C21H20N2O3. The summed E-state index contributed by atoms with van der Waals surface area (Å²) in [5.74, 6) is -1.50. The van der Waals surface area contributed by atoms with Gasteiger partial charge in [0.2, 0.25) is 0 Å². The van der Waals surface area contributed by atoms with Crippen molar-refractivity contribution in [3.63, 3.8) is 0 Å². The van der Waals surface area contributed by atoms with Gasteiger partial charge in [0.15, 0.2) is 0 Å². The largest absolute Gasteiger partial charge is 0.480 e. The number of pyridine rings is 1. The maximum Gasteiger partial charge on any atom is 0.326 e. The van der Waals surface area contributed by atoms with Crippen LogP contribution < -0.4 is 5.32 Å². The van der Waals surface area contributed by atoms with Crippen molar-refractivity contribution in [2.24, 2.45) is 0 Å². The molecule has 0 spiro atoms. The van der Waals surface area contributed by atoms with Crippen LogP contribution in [-0.4, -0.2) is 28.0 Å². The van der Waals surface area contributed by atoms with Crippen molar-refractivity contribution in [1.29, 1.82) is 0 Å². The fourth-order valence-electron chi connectivity index (χ4n) is 3.10. The van der Waals surface area contributed by atoms with E-state index in [0.29, 0.717) is 11.1 Å². The van der Waals surface area contributed by atoms with E-state index in [4.69, 9.17) is 0 Å². The highest BCUT2D eigenvalue weighted by Gasteiger charge is 2.23. The van der Waals surface area contributed by atoms with Crippen LogP contribution in [0.15, 0.2) is 54.7 Å². The molecule has 0 unspecified atom stereocenters. The molecule has 1 amide bonds. The summed E-state index contributed by atoms with van der Waals surface area (Å²) in [5.41, 5.74) is 3.89. The molecule has 0 radical (unpaired) electrons. The fourth-order valence-corrected chi connectivity index (χ4v) is 3.10. The average Bonchev–Trinajstić information content (AvgIpc) is 2.63. The van der Waals surface area contributed by atoms with E-state index in [0.717, 1.165) is 22.1 Å². The summed E-state index contributed by atoms with van der Waals surface area (Å²) in [4.78, 5) is 28.7. The van der Waals surface area contributed by atoms with Crippen molar-refractivity contribution in [2.75, 3.05) is 0 Å². The first-order valence-corrected chi connectivity index (χ1v) is 8.40. The molecule has 0 saturated heterocycles. The van der Waals surface area contributed by atoms with Crippen LogP contribution in [0.2, 0.25) is 0 Å². The lowest BCUT2D eigenvalue weighted by molar-refractivity contribution is -0.139. The zero-order valence-corrected chi connectivity index (χ0v) is 14.7. The lowest BCUT2D eigenvalue weighted by atomic mass is 9.96. The molecule has 2 aromatic carbocycles. The lowest BCUT2D eigenvalue weighted by Gasteiger charge is -2.18. The van der Waals surface area contributed by atoms with Crippen LogP contribution in [0.5, 0.6) is 0 Å². The fraction of sp³-hybridized carbons (Fsp3) is 0.190. The minimum atomic E-state index is -1.06. The van der Waals surface area contributed by atoms with Crippen molar-refractivity contribution < 1.29 is 14.7 Å². The van der Waals surface area contributed by atoms with Gasteiger partial charge in [-0.05, 0) is 42.7 Å². The topological polar surface area (TPSA) is 79.3 Å². The zero-order chi connectivity index (χ0) is 18.7. The number of aryl methyl sites for hydroxylation is 2. The summed E-state index contributed by atoms with van der Waals surface area (Å²) in [6, 6.07) is 13.8. The Morgan fingerprint density at radius 3 is 2.38 bits per heavy atom. The first-order chi connectivity index (χ1) is 12.5. The molecule has 0 aliphatic carbocycles. The van der Waals surface area contributed by atoms with Crippen LogP contribution in [-0.2, 0) is 11.2 Å². The molecule has 1 atom stereocenters. The van der Waals surface area contributed by atoms with Crippen molar-refractivity contribution in [2.45, 2.75) is 26.3 Å². The van der Waals surface area contributed by atoms with Gasteiger partial charge in [-0.25, -0.2) is 4.79 Å². The molecule has 132 valence electrons. The molecule has 3 rings (SSSR count). The number of carbonyl (C=O) groups excluding carboxylic acids is 1. The molecular weight excluding hydrogens is 328 g/mol. The molecule has 3 aromatic rings. The number of para-hydroxylation sites is 1. The molecule has 5 nitrogen and oxygen atoms in total. The lowest BCUT2D eigenvalue weighted by Crippen LogP contribution is -2.42. The van der Waals surface area contributed by atoms with Crippen molar-refractivity contribution in [3.8, 4) is 0 Å². The van der Waals surface area contributed by atoms with Crippen LogP contribution in [0.3, 0.4) is 0 Å². The summed E-state index contributed by atoms with van der Waals surface area (Å²) >= 11 is 0. The van der Waals surface area contributed by atoms with Gasteiger partial charge in [0.1, 0.15) is 6.04 Å².